The normalized spacial score (nSPS) is 10.8. The Hall–Kier alpha value is -2.50. The molecular weight excluding hydrogens is 261 g/mol. The van der Waals surface area contributed by atoms with Gasteiger partial charge in [-0.1, -0.05) is 12.1 Å². The van der Waals surface area contributed by atoms with E-state index in [9.17, 15) is 14.0 Å². The summed E-state index contributed by atoms with van der Waals surface area (Å²) in [6, 6.07) is 5.40. The third-order valence-electron chi connectivity index (χ3n) is 2.85. The van der Waals surface area contributed by atoms with Gasteiger partial charge in [0.1, 0.15) is 5.82 Å². The Labute approximate surface area is 114 Å². The van der Waals surface area contributed by atoms with Crippen molar-refractivity contribution in [3.05, 3.63) is 52.2 Å². The molecule has 0 aliphatic rings. The predicted octanol–water partition coefficient (Wildman–Crippen LogP) is 1.73. The summed E-state index contributed by atoms with van der Waals surface area (Å²) in [5.74, 6) is -1.28. The third-order valence-corrected chi connectivity index (χ3v) is 2.85. The lowest BCUT2D eigenvalue weighted by atomic mass is 10.1. The van der Waals surface area contributed by atoms with Crippen molar-refractivity contribution in [3.8, 4) is 11.1 Å². The van der Waals surface area contributed by atoms with Crippen molar-refractivity contribution in [2.45, 2.75) is 19.9 Å². The summed E-state index contributed by atoms with van der Waals surface area (Å²) in [5.41, 5.74) is 5.08. The number of hydrogen-bond donors (Lipinski definition) is 1. The minimum absolute atomic E-state index is 0.0482. The Balaban J connectivity index is 2.71. The van der Waals surface area contributed by atoms with Gasteiger partial charge in [-0.3, -0.25) is 14.3 Å². The molecule has 1 heterocycles. The lowest BCUT2D eigenvalue weighted by Gasteiger charge is -2.12. The summed E-state index contributed by atoms with van der Waals surface area (Å²) in [4.78, 5) is 23.5. The minimum Gasteiger partial charge on any atom is -0.364 e. The second kappa shape index (κ2) is 5.24. The molecule has 0 saturated carbocycles. The SMILES string of the molecule is CC(C)n1cc(-c2ccc(F)cc2)c(=O)c(C(N)=O)n1. The Kier molecular flexibility index (Phi) is 3.65. The van der Waals surface area contributed by atoms with Crippen molar-refractivity contribution < 1.29 is 9.18 Å². The highest BCUT2D eigenvalue weighted by atomic mass is 19.1. The molecule has 0 saturated heterocycles. The number of benzene rings is 1. The number of carbonyl (C=O) groups excluding carboxylic acids is 1. The molecule has 0 spiro atoms. The van der Waals surface area contributed by atoms with Crippen molar-refractivity contribution >= 4 is 5.91 Å². The number of primary amides is 1. The van der Waals surface area contributed by atoms with E-state index in [1.165, 1.54) is 35.1 Å². The average molecular weight is 275 g/mol. The second-order valence-electron chi connectivity index (χ2n) is 4.67. The summed E-state index contributed by atoms with van der Waals surface area (Å²) in [7, 11) is 0. The van der Waals surface area contributed by atoms with E-state index in [1.54, 1.807) is 0 Å². The monoisotopic (exact) mass is 275 g/mol. The van der Waals surface area contributed by atoms with Gasteiger partial charge in [0.25, 0.3) is 5.91 Å². The van der Waals surface area contributed by atoms with Crippen molar-refractivity contribution in [2.75, 3.05) is 0 Å². The van der Waals surface area contributed by atoms with Crippen LogP contribution in [0, 0.1) is 5.82 Å². The number of nitrogens with two attached hydrogens (primary N) is 1. The van der Waals surface area contributed by atoms with E-state index in [4.69, 9.17) is 5.73 Å². The van der Waals surface area contributed by atoms with E-state index >= 15 is 0 Å². The Morgan fingerprint density at radius 3 is 2.40 bits per heavy atom. The fraction of sp³-hybridized carbons (Fsp3) is 0.214. The van der Waals surface area contributed by atoms with Crippen LogP contribution in [0.1, 0.15) is 30.4 Å². The van der Waals surface area contributed by atoms with Gasteiger partial charge >= 0.3 is 0 Å². The van der Waals surface area contributed by atoms with Crippen LogP contribution in [-0.2, 0) is 0 Å². The summed E-state index contributed by atoms with van der Waals surface area (Å²) < 4.78 is 14.4. The van der Waals surface area contributed by atoms with Gasteiger partial charge in [-0.25, -0.2) is 4.39 Å². The van der Waals surface area contributed by atoms with E-state index < -0.39 is 17.2 Å². The zero-order chi connectivity index (χ0) is 14.9. The van der Waals surface area contributed by atoms with Crippen molar-refractivity contribution in [3.63, 3.8) is 0 Å². The number of nitrogens with zero attached hydrogens (tertiary/aromatic N) is 2. The molecule has 2 aromatic rings. The first-order valence-electron chi connectivity index (χ1n) is 6.09. The standard InChI is InChI=1S/C14H14FN3O2/c1-8(2)18-7-11(9-3-5-10(15)6-4-9)13(19)12(17-18)14(16)20/h3-8H,1-2H3,(H2,16,20). The molecule has 0 bridgehead atoms. The number of amides is 1. The fourth-order valence-electron chi connectivity index (χ4n) is 1.77. The molecule has 2 N–H and O–H groups in total. The number of rotatable bonds is 3. The summed E-state index contributed by atoms with van der Waals surface area (Å²) in [6.07, 6.45) is 1.53. The second-order valence-corrected chi connectivity index (χ2v) is 4.67. The van der Waals surface area contributed by atoms with Gasteiger partial charge < -0.3 is 5.73 Å². The quantitative estimate of drug-likeness (QED) is 0.926. The maximum atomic E-state index is 12.9. The number of halogens is 1. The molecule has 0 atom stereocenters. The topological polar surface area (TPSA) is 78.0 Å². The van der Waals surface area contributed by atoms with Gasteiger partial charge in [-0.15, -0.1) is 0 Å². The summed E-state index contributed by atoms with van der Waals surface area (Å²) in [5, 5.41) is 3.93. The Morgan fingerprint density at radius 1 is 1.30 bits per heavy atom. The van der Waals surface area contributed by atoms with Crippen molar-refractivity contribution in [1.82, 2.24) is 9.78 Å². The van der Waals surface area contributed by atoms with Gasteiger partial charge in [0, 0.05) is 17.8 Å². The molecular formula is C14H14FN3O2. The molecule has 5 nitrogen and oxygen atoms in total. The fourth-order valence-corrected chi connectivity index (χ4v) is 1.77. The predicted molar refractivity (Wildman–Crippen MR) is 72.8 cm³/mol. The summed E-state index contributed by atoms with van der Waals surface area (Å²) in [6.45, 7) is 3.72. The lowest BCUT2D eigenvalue weighted by molar-refractivity contribution is 0.0992. The molecule has 0 radical (unpaired) electrons. The maximum absolute atomic E-state index is 12.9. The molecule has 0 aliphatic carbocycles. The van der Waals surface area contributed by atoms with Crippen molar-refractivity contribution in [1.29, 1.82) is 0 Å². The van der Waals surface area contributed by atoms with Gasteiger partial charge in [-0.05, 0) is 31.5 Å². The van der Waals surface area contributed by atoms with E-state index in [0.29, 0.717) is 5.56 Å². The first-order chi connectivity index (χ1) is 9.40. The average Bonchev–Trinajstić information content (AvgIpc) is 2.39. The van der Waals surface area contributed by atoms with Crippen LogP contribution in [0.3, 0.4) is 0 Å². The number of aromatic nitrogens is 2. The smallest absolute Gasteiger partial charge is 0.273 e. The molecule has 1 aromatic carbocycles. The Bertz CT molecular complexity index is 705. The number of hydrogen-bond acceptors (Lipinski definition) is 3. The number of carbonyl (C=O) groups is 1. The van der Waals surface area contributed by atoms with Gasteiger partial charge in [0.2, 0.25) is 5.43 Å². The van der Waals surface area contributed by atoms with Crippen LogP contribution >= 0.6 is 0 Å². The van der Waals surface area contributed by atoms with Crippen LogP contribution in [0.25, 0.3) is 11.1 Å². The highest BCUT2D eigenvalue weighted by Crippen LogP contribution is 2.17. The third kappa shape index (κ3) is 2.59. The van der Waals surface area contributed by atoms with E-state index in [0.717, 1.165) is 0 Å². The van der Waals surface area contributed by atoms with Gasteiger partial charge in [0.05, 0.1) is 0 Å². The Morgan fingerprint density at radius 2 is 1.90 bits per heavy atom. The molecule has 6 heteroatoms. The van der Waals surface area contributed by atoms with Crippen LogP contribution < -0.4 is 11.2 Å². The van der Waals surface area contributed by atoms with E-state index in [2.05, 4.69) is 5.10 Å². The first kappa shape index (κ1) is 13.9. The first-order valence-corrected chi connectivity index (χ1v) is 6.09. The van der Waals surface area contributed by atoms with Gasteiger partial charge in [-0.2, -0.15) is 5.10 Å². The van der Waals surface area contributed by atoms with Crippen LogP contribution in [-0.4, -0.2) is 15.7 Å². The molecule has 2 rings (SSSR count). The molecule has 1 aromatic heterocycles. The molecule has 0 unspecified atom stereocenters. The summed E-state index contributed by atoms with van der Waals surface area (Å²) >= 11 is 0. The van der Waals surface area contributed by atoms with E-state index in [1.807, 2.05) is 13.8 Å². The van der Waals surface area contributed by atoms with E-state index in [-0.39, 0.29) is 17.3 Å². The largest absolute Gasteiger partial charge is 0.364 e. The maximum Gasteiger partial charge on any atom is 0.273 e. The van der Waals surface area contributed by atoms with Crippen LogP contribution in [0.4, 0.5) is 4.39 Å². The minimum atomic E-state index is -0.881. The zero-order valence-electron chi connectivity index (χ0n) is 11.1. The van der Waals surface area contributed by atoms with Crippen molar-refractivity contribution in [2.24, 2.45) is 5.73 Å². The lowest BCUT2D eigenvalue weighted by Crippen LogP contribution is -2.28. The van der Waals surface area contributed by atoms with Crippen LogP contribution in [0.15, 0.2) is 35.3 Å². The molecule has 104 valence electrons. The van der Waals surface area contributed by atoms with Crippen LogP contribution in [0.2, 0.25) is 0 Å². The highest BCUT2D eigenvalue weighted by molar-refractivity contribution is 5.91. The zero-order valence-corrected chi connectivity index (χ0v) is 11.1. The highest BCUT2D eigenvalue weighted by Gasteiger charge is 2.16. The molecule has 20 heavy (non-hydrogen) atoms. The molecule has 0 aliphatic heterocycles. The van der Waals surface area contributed by atoms with Crippen LogP contribution in [0.5, 0.6) is 0 Å². The van der Waals surface area contributed by atoms with Gasteiger partial charge in [0.15, 0.2) is 5.69 Å². The molecule has 1 amide bonds. The molecule has 0 fully saturated rings.